The number of carbonyl (C=O) groups excluding carboxylic acids is 4. The van der Waals surface area contributed by atoms with Crippen LogP contribution >= 0.6 is 0 Å². The number of carbonyl (C=O) groups is 4. The molecule has 0 bridgehead atoms. The van der Waals surface area contributed by atoms with Crippen LogP contribution in [0.5, 0.6) is 5.88 Å². The number of likely N-dealkylation sites (tertiary alicyclic amines) is 1. The van der Waals surface area contributed by atoms with Gasteiger partial charge in [-0.05, 0) is 92.3 Å². The van der Waals surface area contributed by atoms with Crippen molar-refractivity contribution in [1.82, 2.24) is 14.9 Å². The van der Waals surface area contributed by atoms with Crippen molar-refractivity contribution in [3.05, 3.63) is 35.9 Å². The molecule has 1 N–H and O–H groups in total. The number of amides is 4. The number of aromatic nitrogens is 2. The number of methoxy groups -OCH3 is 1. The quantitative estimate of drug-likeness (QED) is 0.202. The zero-order valence-electron chi connectivity index (χ0n) is 33.0. The molecule has 4 amide bonds. The number of anilines is 3. The van der Waals surface area contributed by atoms with E-state index < -0.39 is 59.3 Å². The summed E-state index contributed by atoms with van der Waals surface area (Å²) in [5.41, 5.74) is -2.10. The maximum absolute atomic E-state index is 16.9. The number of hydrogen-bond donors (Lipinski definition) is 1. The molecule has 1 unspecified atom stereocenters. The third-order valence-electron chi connectivity index (χ3n) is 8.41. The van der Waals surface area contributed by atoms with Crippen molar-refractivity contribution in [2.75, 3.05) is 48.5 Å². The lowest BCUT2D eigenvalue weighted by Crippen LogP contribution is -2.52. The normalized spacial score (nSPS) is 17.3. The highest BCUT2D eigenvalue weighted by Crippen LogP contribution is 2.44. The molecule has 2 aromatic heterocycles. The highest BCUT2D eigenvalue weighted by Gasteiger charge is 2.50. The molecular formula is C38H48F2N6O9. The third kappa shape index (κ3) is 8.92. The molecule has 55 heavy (non-hydrogen) atoms. The Bertz CT molecular complexity index is 2020. The maximum atomic E-state index is 16.9. The first-order valence-corrected chi connectivity index (χ1v) is 17.7. The molecule has 3 aromatic rings. The van der Waals surface area contributed by atoms with E-state index in [-0.39, 0.29) is 71.1 Å². The highest BCUT2D eigenvalue weighted by atomic mass is 19.1. The smallest absolute Gasteiger partial charge is 0.417 e. The summed E-state index contributed by atoms with van der Waals surface area (Å²) >= 11 is 0. The molecule has 0 radical (unpaired) electrons. The minimum atomic E-state index is -2.48. The fourth-order valence-electron chi connectivity index (χ4n) is 6.19. The van der Waals surface area contributed by atoms with Crippen LogP contribution in [0.2, 0.25) is 0 Å². The summed E-state index contributed by atoms with van der Waals surface area (Å²) in [6.07, 6.45) is -1.22. The van der Waals surface area contributed by atoms with E-state index in [1.165, 1.54) is 29.4 Å². The Morgan fingerprint density at radius 3 is 2.15 bits per heavy atom. The van der Waals surface area contributed by atoms with Crippen LogP contribution in [-0.4, -0.2) is 95.2 Å². The number of ether oxygens (including phenoxy) is 5. The van der Waals surface area contributed by atoms with Gasteiger partial charge < -0.3 is 28.6 Å². The van der Waals surface area contributed by atoms with Crippen LogP contribution in [0.25, 0.3) is 21.9 Å². The molecule has 15 nitrogen and oxygen atoms in total. The molecule has 298 valence electrons. The molecular weight excluding hydrogens is 722 g/mol. The number of benzene rings is 1. The van der Waals surface area contributed by atoms with Gasteiger partial charge in [0.15, 0.2) is 5.82 Å². The van der Waals surface area contributed by atoms with E-state index in [9.17, 15) is 19.2 Å². The van der Waals surface area contributed by atoms with Gasteiger partial charge in [-0.1, -0.05) is 0 Å². The lowest BCUT2D eigenvalue weighted by Gasteiger charge is -2.33. The molecule has 1 fully saturated rings. The molecule has 5 rings (SSSR count). The molecule has 0 saturated carbocycles. The lowest BCUT2D eigenvalue weighted by molar-refractivity contribution is 0.0254. The second-order valence-electron chi connectivity index (χ2n) is 16.3. The topological polar surface area (TPSA) is 162 Å². The number of nitrogens with zero attached hydrogens (tertiary/aromatic N) is 5. The maximum Gasteiger partial charge on any atom is 0.417 e. The molecule has 2 aliphatic rings. The Morgan fingerprint density at radius 1 is 0.891 bits per heavy atom. The van der Waals surface area contributed by atoms with Gasteiger partial charge in [0.05, 0.1) is 25.9 Å². The van der Waals surface area contributed by atoms with Gasteiger partial charge in [0.1, 0.15) is 34.9 Å². The number of hydrogen-bond acceptors (Lipinski definition) is 11. The van der Waals surface area contributed by atoms with Gasteiger partial charge in [0.25, 0.3) is 0 Å². The van der Waals surface area contributed by atoms with Crippen LogP contribution in [0, 0.1) is 12.7 Å². The Kier molecular flexibility index (Phi) is 10.8. The number of alkyl halides is 1. The molecule has 17 heteroatoms. The van der Waals surface area contributed by atoms with Crippen LogP contribution in [-0.2, 0) is 18.9 Å². The summed E-state index contributed by atoms with van der Waals surface area (Å²) in [4.78, 5) is 64.5. The molecule has 0 aliphatic carbocycles. The number of halogens is 2. The second kappa shape index (κ2) is 14.6. The van der Waals surface area contributed by atoms with Crippen LogP contribution < -0.4 is 19.9 Å². The Hall–Kier alpha value is -5.48. The van der Waals surface area contributed by atoms with E-state index in [1.807, 2.05) is 0 Å². The molecule has 0 spiro atoms. The Balaban J connectivity index is 1.67. The van der Waals surface area contributed by atoms with Crippen molar-refractivity contribution < 1.29 is 51.6 Å². The number of fused-ring (bicyclic) bond motifs is 2. The van der Waals surface area contributed by atoms with Gasteiger partial charge in [0, 0.05) is 41.9 Å². The van der Waals surface area contributed by atoms with E-state index in [1.54, 1.807) is 69.2 Å². The van der Waals surface area contributed by atoms with Crippen LogP contribution in [0.3, 0.4) is 0 Å². The first kappa shape index (κ1) is 40.7. The van der Waals surface area contributed by atoms with Crippen molar-refractivity contribution in [2.45, 2.75) is 98.3 Å². The van der Waals surface area contributed by atoms with Gasteiger partial charge in [0.2, 0.25) is 11.7 Å². The van der Waals surface area contributed by atoms with Crippen LogP contribution in [0.15, 0.2) is 24.5 Å². The Labute approximate surface area is 318 Å². The summed E-state index contributed by atoms with van der Waals surface area (Å²) in [5.74, 6) is -3.46. The predicted molar refractivity (Wildman–Crippen MR) is 200 cm³/mol. The third-order valence-corrected chi connectivity index (χ3v) is 8.41. The van der Waals surface area contributed by atoms with Gasteiger partial charge >= 0.3 is 24.4 Å². The first-order chi connectivity index (χ1) is 25.4. The molecule has 2 aliphatic heterocycles. The zero-order valence-corrected chi connectivity index (χ0v) is 33.0. The average Bonchev–Trinajstić information content (AvgIpc) is 3.46. The average molecular weight is 771 g/mol. The highest BCUT2D eigenvalue weighted by molar-refractivity contribution is 6.05. The van der Waals surface area contributed by atoms with Crippen molar-refractivity contribution in [3.8, 4) is 17.0 Å². The molecule has 1 saturated heterocycles. The summed E-state index contributed by atoms with van der Waals surface area (Å²) in [6, 6.07) is 2.76. The predicted octanol–water partition coefficient (Wildman–Crippen LogP) is 8.10. The standard InChI is InChI=1S/C38H48F2N6O9/c1-21-24(18-42-30-29(21)45(14-15-52-30)33(49)55-37(8,9)10)23-16-22-17-26(41-19-25(22)28(27(23)39)43-31(47)53-35(2,3)4)46(34(50)51-11)38(40)12-13-44(20-38)32(48)54-36(5,6)7/h16-19H,12-15,20H2,1-11H3,(H,43,47). The van der Waals surface area contributed by atoms with Crippen molar-refractivity contribution in [3.63, 3.8) is 0 Å². The summed E-state index contributed by atoms with van der Waals surface area (Å²) in [6.45, 7) is 16.5. The van der Waals surface area contributed by atoms with E-state index in [4.69, 9.17) is 23.7 Å². The minimum Gasteiger partial charge on any atom is -0.474 e. The van der Waals surface area contributed by atoms with Crippen LogP contribution in [0.1, 0.15) is 74.3 Å². The fourth-order valence-corrected chi connectivity index (χ4v) is 6.19. The van der Waals surface area contributed by atoms with Gasteiger partial charge in [-0.25, -0.2) is 42.8 Å². The van der Waals surface area contributed by atoms with Gasteiger partial charge in [-0.2, -0.15) is 0 Å². The van der Waals surface area contributed by atoms with E-state index in [2.05, 4.69) is 15.3 Å². The van der Waals surface area contributed by atoms with Crippen molar-refractivity contribution >= 4 is 52.3 Å². The molecule has 1 atom stereocenters. The summed E-state index contributed by atoms with van der Waals surface area (Å²) in [7, 11) is 1.08. The SMILES string of the molecule is COC(=O)N(c1cc2cc(-c3cnc4c(c3C)N(C(=O)OC(C)(C)C)CCO4)c(F)c(NC(=O)OC(C)(C)C)c2cn1)C1(F)CCN(C(=O)OC(C)(C)C)C1. The van der Waals surface area contributed by atoms with Gasteiger partial charge in [-0.15, -0.1) is 0 Å². The lowest BCUT2D eigenvalue weighted by atomic mass is 9.96. The zero-order chi connectivity index (χ0) is 40.8. The number of rotatable bonds is 4. The van der Waals surface area contributed by atoms with E-state index in [0.29, 0.717) is 10.5 Å². The molecule has 4 heterocycles. The van der Waals surface area contributed by atoms with E-state index >= 15 is 8.78 Å². The summed E-state index contributed by atoms with van der Waals surface area (Å²) in [5, 5.41) is 2.79. The van der Waals surface area contributed by atoms with Crippen molar-refractivity contribution in [1.29, 1.82) is 0 Å². The molecule has 1 aromatic carbocycles. The fraction of sp³-hybridized carbons (Fsp3) is 0.526. The van der Waals surface area contributed by atoms with Crippen molar-refractivity contribution in [2.24, 2.45) is 0 Å². The van der Waals surface area contributed by atoms with Crippen LogP contribution in [0.4, 0.5) is 45.2 Å². The minimum absolute atomic E-state index is 0.0690. The monoisotopic (exact) mass is 770 g/mol. The number of nitrogens with one attached hydrogen (secondary N) is 1. The van der Waals surface area contributed by atoms with E-state index in [0.717, 1.165) is 12.0 Å². The summed E-state index contributed by atoms with van der Waals surface area (Å²) < 4.78 is 61.0. The largest absolute Gasteiger partial charge is 0.474 e. The second-order valence-corrected chi connectivity index (χ2v) is 16.3. The first-order valence-electron chi connectivity index (χ1n) is 17.7. The number of pyridine rings is 2. The van der Waals surface area contributed by atoms with Gasteiger partial charge in [-0.3, -0.25) is 10.2 Å². The Morgan fingerprint density at radius 2 is 1.53 bits per heavy atom.